The van der Waals surface area contributed by atoms with E-state index in [4.69, 9.17) is 11.6 Å². The number of hydrogen-bond acceptors (Lipinski definition) is 4. The fraction of sp³-hybridized carbons (Fsp3) is 0.353. The Morgan fingerprint density at radius 3 is 2.58 bits per heavy atom. The third-order valence-electron chi connectivity index (χ3n) is 3.38. The number of amides is 2. The van der Waals surface area contributed by atoms with E-state index in [0.29, 0.717) is 21.3 Å². The summed E-state index contributed by atoms with van der Waals surface area (Å²) in [5, 5.41) is 4.09. The lowest BCUT2D eigenvalue weighted by molar-refractivity contribution is -0.116. The zero-order valence-electron chi connectivity index (χ0n) is 14.1. The Labute approximate surface area is 150 Å². The predicted octanol–water partition coefficient (Wildman–Crippen LogP) is 3.94. The van der Waals surface area contributed by atoms with Crippen molar-refractivity contribution in [3.05, 3.63) is 44.9 Å². The van der Waals surface area contributed by atoms with E-state index in [9.17, 15) is 9.59 Å². The van der Waals surface area contributed by atoms with Crippen LogP contribution in [0.3, 0.4) is 0 Å². The molecule has 1 aromatic carbocycles. The van der Waals surface area contributed by atoms with Gasteiger partial charge in [-0.3, -0.25) is 9.59 Å². The molecular weight excluding hydrogens is 346 g/mol. The van der Waals surface area contributed by atoms with Gasteiger partial charge in [0.1, 0.15) is 4.88 Å². The number of likely N-dealkylation sites (N-methyl/N-ethyl adjacent to an activating group) is 1. The molecule has 0 fully saturated rings. The highest BCUT2D eigenvalue weighted by molar-refractivity contribution is 7.13. The minimum Gasteiger partial charge on any atom is -0.332 e. The first-order valence-corrected chi connectivity index (χ1v) is 8.76. The van der Waals surface area contributed by atoms with Crippen molar-refractivity contribution in [2.24, 2.45) is 0 Å². The number of halogens is 1. The molecule has 2 amide bonds. The SMILES string of the molecule is Cc1nc(C(C)C)sc1C(=O)N(C)CC(=O)Nc1ccccc1Cl. The number of nitrogens with zero attached hydrogens (tertiary/aromatic N) is 2. The molecule has 0 radical (unpaired) electrons. The number of hydrogen-bond donors (Lipinski definition) is 1. The number of carbonyl (C=O) groups excluding carboxylic acids is 2. The molecule has 2 rings (SSSR count). The van der Waals surface area contributed by atoms with Crippen molar-refractivity contribution >= 4 is 40.4 Å². The van der Waals surface area contributed by atoms with Crippen LogP contribution in [0.1, 0.15) is 40.1 Å². The summed E-state index contributed by atoms with van der Waals surface area (Å²) in [4.78, 5) is 31.1. The maximum atomic E-state index is 12.5. The number of nitrogens with one attached hydrogen (secondary N) is 1. The van der Waals surface area contributed by atoms with Crippen LogP contribution in [-0.2, 0) is 4.79 Å². The molecule has 0 aliphatic heterocycles. The van der Waals surface area contributed by atoms with Gasteiger partial charge >= 0.3 is 0 Å². The van der Waals surface area contributed by atoms with Crippen LogP contribution in [0, 0.1) is 6.92 Å². The van der Waals surface area contributed by atoms with E-state index in [1.54, 1.807) is 31.3 Å². The lowest BCUT2D eigenvalue weighted by Crippen LogP contribution is -2.34. The quantitative estimate of drug-likeness (QED) is 0.872. The van der Waals surface area contributed by atoms with Gasteiger partial charge in [-0.15, -0.1) is 11.3 Å². The Balaban J connectivity index is 2.03. The fourth-order valence-electron chi connectivity index (χ4n) is 2.08. The monoisotopic (exact) mass is 365 g/mol. The van der Waals surface area contributed by atoms with Crippen LogP contribution in [-0.4, -0.2) is 35.3 Å². The van der Waals surface area contributed by atoms with Gasteiger partial charge in [0.15, 0.2) is 0 Å². The molecule has 0 spiro atoms. The normalized spacial score (nSPS) is 10.8. The van der Waals surface area contributed by atoms with Crippen molar-refractivity contribution in [3.8, 4) is 0 Å². The average molecular weight is 366 g/mol. The molecular formula is C17H20ClN3O2S. The number of anilines is 1. The first-order valence-electron chi connectivity index (χ1n) is 7.56. The van der Waals surface area contributed by atoms with E-state index in [0.717, 1.165) is 5.01 Å². The van der Waals surface area contributed by atoms with Crippen LogP contribution in [0.2, 0.25) is 5.02 Å². The lowest BCUT2D eigenvalue weighted by atomic mass is 10.2. The Bertz CT molecular complexity index is 758. The molecule has 0 aliphatic rings. The second kappa shape index (κ2) is 7.77. The second-order valence-electron chi connectivity index (χ2n) is 5.81. The molecule has 1 heterocycles. The average Bonchev–Trinajstić information content (AvgIpc) is 2.91. The van der Waals surface area contributed by atoms with E-state index in [-0.39, 0.29) is 24.3 Å². The minimum absolute atomic E-state index is 0.0571. The summed E-state index contributed by atoms with van der Waals surface area (Å²) in [6.07, 6.45) is 0. The van der Waals surface area contributed by atoms with Crippen LogP contribution in [0.15, 0.2) is 24.3 Å². The number of benzene rings is 1. The largest absolute Gasteiger partial charge is 0.332 e. The van der Waals surface area contributed by atoms with Crippen molar-refractivity contribution in [2.75, 3.05) is 18.9 Å². The third-order valence-corrected chi connectivity index (χ3v) is 5.15. The van der Waals surface area contributed by atoms with Crippen molar-refractivity contribution in [2.45, 2.75) is 26.7 Å². The first kappa shape index (κ1) is 18.4. The van der Waals surface area contributed by atoms with Gasteiger partial charge < -0.3 is 10.2 Å². The van der Waals surface area contributed by atoms with Crippen molar-refractivity contribution in [1.82, 2.24) is 9.88 Å². The standard InChI is InChI=1S/C17H20ClN3O2S/c1-10(2)16-19-11(3)15(24-16)17(23)21(4)9-14(22)20-13-8-6-5-7-12(13)18/h5-8,10H,9H2,1-4H3,(H,20,22). The van der Waals surface area contributed by atoms with E-state index in [1.807, 2.05) is 20.8 Å². The van der Waals surface area contributed by atoms with Gasteiger partial charge in [-0.05, 0) is 19.1 Å². The summed E-state index contributed by atoms with van der Waals surface area (Å²) in [7, 11) is 1.60. The smallest absolute Gasteiger partial charge is 0.266 e. The van der Waals surface area contributed by atoms with Gasteiger partial charge in [0.2, 0.25) is 5.91 Å². The summed E-state index contributed by atoms with van der Waals surface area (Å²) in [5.41, 5.74) is 1.23. The molecule has 7 heteroatoms. The predicted molar refractivity (Wildman–Crippen MR) is 98.0 cm³/mol. The fourth-order valence-corrected chi connectivity index (χ4v) is 3.32. The summed E-state index contributed by atoms with van der Waals surface area (Å²) in [5.74, 6) is -0.236. The minimum atomic E-state index is -0.301. The van der Waals surface area contributed by atoms with E-state index >= 15 is 0 Å². The number of rotatable bonds is 5. The molecule has 0 aliphatic carbocycles. The van der Waals surface area contributed by atoms with Crippen LogP contribution in [0.5, 0.6) is 0 Å². The molecule has 1 aromatic heterocycles. The van der Waals surface area contributed by atoms with Crippen LogP contribution < -0.4 is 5.32 Å². The Morgan fingerprint density at radius 1 is 1.33 bits per heavy atom. The molecule has 0 atom stereocenters. The molecule has 0 saturated heterocycles. The third kappa shape index (κ3) is 4.33. The van der Waals surface area contributed by atoms with Gasteiger partial charge in [0, 0.05) is 13.0 Å². The number of aromatic nitrogens is 1. The van der Waals surface area contributed by atoms with Gasteiger partial charge in [-0.1, -0.05) is 37.6 Å². The lowest BCUT2D eigenvalue weighted by Gasteiger charge is -2.16. The molecule has 1 N–H and O–H groups in total. The topological polar surface area (TPSA) is 62.3 Å². The Morgan fingerprint density at radius 2 is 2.00 bits per heavy atom. The van der Waals surface area contributed by atoms with Crippen LogP contribution in [0.25, 0.3) is 0 Å². The summed E-state index contributed by atoms with van der Waals surface area (Å²) in [6, 6.07) is 6.97. The molecule has 0 bridgehead atoms. The van der Waals surface area contributed by atoms with Gasteiger partial charge in [-0.2, -0.15) is 0 Å². The second-order valence-corrected chi connectivity index (χ2v) is 7.25. The molecule has 128 valence electrons. The van der Waals surface area contributed by atoms with E-state index < -0.39 is 0 Å². The number of carbonyl (C=O) groups is 2. The van der Waals surface area contributed by atoms with Gasteiger partial charge in [-0.25, -0.2) is 4.98 Å². The summed E-state index contributed by atoms with van der Waals surface area (Å²) >= 11 is 7.40. The van der Waals surface area contributed by atoms with Gasteiger partial charge in [0.25, 0.3) is 5.91 Å². The van der Waals surface area contributed by atoms with Crippen molar-refractivity contribution in [3.63, 3.8) is 0 Å². The summed E-state index contributed by atoms with van der Waals surface area (Å²) in [6.45, 7) is 5.83. The van der Waals surface area contributed by atoms with Crippen LogP contribution >= 0.6 is 22.9 Å². The van der Waals surface area contributed by atoms with E-state index in [1.165, 1.54) is 16.2 Å². The molecule has 5 nitrogen and oxygen atoms in total. The molecule has 0 saturated carbocycles. The summed E-state index contributed by atoms with van der Waals surface area (Å²) < 4.78 is 0. The highest BCUT2D eigenvalue weighted by atomic mass is 35.5. The zero-order valence-corrected chi connectivity index (χ0v) is 15.7. The maximum absolute atomic E-state index is 12.5. The highest BCUT2D eigenvalue weighted by Crippen LogP contribution is 2.25. The van der Waals surface area contributed by atoms with Crippen molar-refractivity contribution < 1.29 is 9.59 Å². The number of thiazole rings is 1. The first-order chi connectivity index (χ1) is 11.3. The van der Waals surface area contributed by atoms with E-state index in [2.05, 4.69) is 10.3 Å². The molecule has 24 heavy (non-hydrogen) atoms. The maximum Gasteiger partial charge on any atom is 0.266 e. The molecule has 2 aromatic rings. The number of para-hydroxylation sites is 1. The van der Waals surface area contributed by atoms with Crippen LogP contribution in [0.4, 0.5) is 5.69 Å². The van der Waals surface area contributed by atoms with Crippen molar-refractivity contribution in [1.29, 1.82) is 0 Å². The Kier molecular flexibility index (Phi) is 5.96. The Hall–Kier alpha value is -1.92. The highest BCUT2D eigenvalue weighted by Gasteiger charge is 2.21. The number of aryl methyl sites for hydroxylation is 1. The van der Waals surface area contributed by atoms with Gasteiger partial charge in [0.05, 0.1) is 28.0 Å². The zero-order chi connectivity index (χ0) is 17.9. The molecule has 0 unspecified atom stereocenters.